The van der Waals surface area contributed by atoms with Crippen LogP contribution in [0.1, 0.15) is 0 Å². The molecule has 3 nitrogen and oxygen atoms in total. The van der Waals surface area contributed by atoms with E-state index in [9.17, 15) is 17.4 Å². The van der Waals surface area contributed by atoms with Gasteiger partial charge in [0.15, 0.2) is 9.63 Å². The maximum atomic E-state index is 11.2. The van der Waals surface area contributed by atoms with Crippen molar-refractivity contribution in [3.63, 3.8) is 0 Å². The van der Waals surface area contributed by atoms with Crippen LogP contribution in [0.5, 0.6) is 0 Å². The topological polar surface area (TPSA) is 57.5 Å². The Morgan fingerprint density at radius 2 is 1.44 bits per heavy atom. The van der Waals surface area contributed by atoms with Crippen LogP contribution in [-0.4, -0.2) is 25.1 Å². The van der Waals surface area contributed by atoms with Gasteiger partial charge in [0.2, 0.25) is 0 Å². The SMILES string of the molecule is CS(=O)(O)(O)C(F)(F)F. The number of hydrogen-bond acceptors (Lipinski definition) is 1. The van der Waals surface area contributed by atoms with Gasteiger partial charge < -0.3 is 9.11 Å². The fraction of sp³-hybridized carbons (Fsp3) is 1.00. The predicted octanol–water partition coefficient (Wildman–Crippen LogP) is 0.902. The molecule has 0 unspecified atom stereocenters. The van der Waals surface area contributed by atoms with Gasteiger partial charge in [0.25, 0.3) is 0 Å². The second-order valence-electron chi connectivity index (χ2n) is 1.68. The van der Waals surface area contributed by atoms with E-state index in [0.29, 0.717) is 0 Å². The Hall–Kier alpha value is -0.140. The van der Waals surface area contributed by atoms with Crippen molar-refractivity contribution in [1.82, 2.24) is 0 Å². The van der Waals surface area contributed by atoms with E-state index in [-0.39, 0.29) is 6.26 Å². The first kappa shape index (κ1) is 8.86. The van der Waals surface area contributed by atoms with Crippen LogP contribution in [0.25, 0.3) is 0 Å². The zero-order valence-corrected chi connectivity index (χ0v) is 5.16. The Bertz CT molecular complexity index is 165. The molecule has 9 heavy (non-hydrogen) atoms. The fourth-order valence-electron chi connectivity index (χ4n) is 0. The van der Waals surface area contributed by atoms with Crippen molar-refractivity contribution >= 4 is 9.63 Å². The molecule has 0 bridgehead atoms. The van der Waals surface area contributed by atoms with E-state index in [0.717, 1.165) is 0 Å². The van der Waals surface area contributed by atoms with Gasteiger partial charge in [0, 0.05) is 6.26 Å². The van der Waals surface area contributed by atoms with Gasteiger partial charge in [-0.2, -0.15) is 13.2 Å². The van der Waals surface area contributed by atoms with E-state index in [1.165, 1.54) is 0 Å². The van der Waals surface area contributed by atoms with E-state index in [1.807, 2.05) is 0 Å². The molecule has 0 heterocycles. The first-order valence-corrected chi connectivity index (χ1v) is 4.00. The number of alkyl halides is 3. The van der Waals surface area contributed by atoms with Crippen LogP contribution in [0.2, 0.25) is 0 Å². The molecular formula is C2H5F3O3S. The lowest BCUT2D eigenvalue weighted by Gasteiger charge is -2.27. The van der Waals surface area contributed by atoms with Crippen LogP contribution in [0.4, 0.5) is 13.2 Å². The number of hydrogen-bond donors (Lipinski definition) is 2. The lowest BCUT2D eigenvalue weighted by atomic mass is 11.6. The Balaban J connectivity index is 4.80. The Morgan fingerprint density at radius 3 is 1.44 bits per heavy atom. The van der Waals surface area contributed by atoms with E-state index in [1.54, 1.807) is 0 Å². The average molecular weight is 166 g/mol. The summed E-state index contributed by atoms with van der Waals surface area (Å²) in [5.74, 6) is 0. The summed E-state index contributed by atoms with van der Waals surface area (Å²) in [4.78, 5) is 0. The van der Waals surface area contributed by atoms with Crippen LogP contribution in [0.3, 0.4) is 0 Å². The normalized spacial score (nSPS) is 18.7. The number of halogens is 3. The Labute approximate surface area is 48.9 Å². The molecular weight excluding hydrogens is 161 g/mol. The maximum Gasteiger partial charge on any atom is 0.493 e. The first-order valence-electron chi connectivity index (χ1n) is 1.71. The zero-order valence-electron chi connectivity index (χ0n) is 4.34. The van der Waals surface area contributed by atoms with E-state index < -0.39 is 15.1 Å². The first-order chi connectivity index (χ1) is 3.51. The summed E-state index contributed by atoms with van der Waals surface area (Å²) in [5, 5.41) is 0. The predicted molar refractivity (Wildman–Crippen MR) is 25.4 cm³/mol. The van der Waals surface area contributed by atoms with Crippen LogP contribution in [0.15, 0.2) is 0 Å². The summed E-state index contributed by atoms with van der Waals surface area (Å²) in [6, 6.07) is 0. The zero-order chi connectivity index (χ0) is 7.95. The molecule has 0 fully saturated rings. The molecule has 0 aromatic rings. The summed E-state index contributed by atoms with van der Waals surface area (Å²) < 4.78 is 58.9. The van der Waals surface area contributed by atoms with Crippen LogP contribution in [-0.2, 0) is 9.63 Å². The summed E-state index contributed by atoms with van der Waals surface area (Å²) in [6.07, 6.45) is -0.169. The van der Waals surface area contributed by atoms with Gasteiger partial charge in [-0.25, -0.2) is 4.21 Å². The van der Waals surface area contributed by atoms with Crippen LogP contribution in [0, 0.1) is 0 Å². The molecule has 0 aromatic heterocycles. The third-order valence-electron chi connectivity index (χ3n) is 0.533. The highest BCUT2D eigenvalue weighted by molar-refractivity contribution is 8.10. The smallest absolute Gasteiger partial charge is 0.301 e. The van der Waals surface area contributed by atoms with Crippen molar-refractivity contribution in [2.75, 3.05) is 6.26 Å². The molecule has 0 saturated carbocycles. The second kappa shape index (κ2) is 1.47. The summed E-state index contributed by atoms with van der Waals surface area (Å²) in [6.45, 7) is 0. The minimum Gasteiger partial charge on any atom is -0.301 e. The monoisotopic (exact) mass is 166 g/mol. The summed E-state index contributed by atoms with van der Waals surface area (Å²) >= 11 is 0. The lowest BCUT2D eigenvalue weighted by Crippen LogP contribution is -2.45. The molecule has 58 valence electrons. The average Bonchev–Trinajstić information content (AvgIpc) is 1.20. The maximum absolute atomic E-state index is 11.2. The van der Waals surface area contributed by atoms with Crippen molar-refractivity contribution in [2.24, 2.45) is 0 Å². The van der Waals surface area contributed by atoms with Gasteiger partial charge in [-0.3, -0.25) is 0 Å². The minimum atomic E-state index is -6.33. The number of rotatable bonds is 0. The van der Waals surface area contributed by atoms with Crippen molar-refractivity contribution in [3.05, 3.63) is 0 Å². The highest BCUT2D eigenvalue weighted by atomic mass is 32.3. The molecule has 7 heteroatoms. The third-order valence-corrected chi connectivity index (χ3v) is 1.60. The van der Waals surface area contributed by atoms with Crippen molar-refractivity contribution in [1.29, 1.82) is 0 Å². The molecule has 0 spiro atoms. The molecule has 0 amide bonds. The van der Waals surface area contributed by atoms with E-state index in [4.69, 9.17) is 9.11 Å². The van der Waals surface area contributed by atoms with E-state index >= 15 is 0 Å². The van der Waals surface area contributed by atoms with Gasteiger partial charge in [-0.1, -0.05) is 0 Å². The molecule has 0 radical (unpaired) electrons. The summed E-state index contributed by atoms with van der Waals surface area (Å²) in [7, 11) is -6.33. The second-order valence-corrected chi connectivity index (χ2v) is 4.61. The summed E-state index contributed by atoms with van der Waals surface area (Å²) in [5.41, 5.74) is -5.46. The molecule has 0 aromatic carbocycles. The molecule has 0 rings (SSSR count). The van der Waals surface area contributed by atoms with Gasteiger partial charge in [-0.15, -0.1) is 0 Å². The minimum absolute atomic E-state index is 0.169. The van der Waals surface area contributed by atoms with Crippen molar-refractivity contribution < 1.29 is 26.5 Å². The van der Waals surface area contributed by atoms with Crippen molar-refractivity contribution in [2.45, 2.75) is 5.51 Å². The largest absolute Gasteiger partial charge is 0.493 e. The molecule has 0 aliphatic carbocycles. The van der Waals surface area contributed by atoms with Crippen LogP contribution >= 0.6 is 0 Å². The standard InChI is InChI=1S/C2H5F3O3S/c1-9(6,7,8)2(3,4)5/h1H3,(H2,6,7,8). The Kier molecular flexibility index (Phi) is 1.45. The highest BCUT2D eigenvalue weighted by Gasteiger charge is 2.54. The van der Waals surface area contributed by atoms with Crippen molar-refractivity contribution in [3.8, 4) is 0 Å². The fourth-order valence-corrected chi connectivity index (χ4v) is 0. The Morgan fingerprint density at radius 1 is 1.33 bits per heavy atom. The third kappa shape index (κ3) is 1.92. The molecule has 0 saturated heterocycles. The lowest BCUT2D eigenvalue weighted by molar-refractivity contribution is -0.0634. The molecule has 0 atom stereocenters. The van der Waals surface area contributed by atoms with Gasteiger partial charge in [0.1, 0.15) is 0 Å². The van der Waals surface area contributed by atoms with E-state index in [2.05, 4.69) is 0 Å². The quantitative estimate of drug-likeness (QED) is 0.562. The van der Waals surface area contributed by atoms with Gasteiger partial charge in [-0.05, 0) is 0 Å². The van der Waals surface area contributed by atoms with Gasteiger partial charge in [0.05, 0.1) is 0 Å². The molecule has 2 N–H and O–H groups in total. The highest BCUT2D eigenvalue weighted by Crippen LogP contribution is 2.35. The van der Waals surface area contributed by atoms with Crippen LogP contribution < -0.4 is 0 Å². The van der Waals surface area contributed by atoms with Gasteiger partial charge >= 0.3 is 5.51 Å². The molecule has 0 aliphatic rings. The molecule has 0 aliphatic heterocycles.